The van der Waals surface area contributed by atoms with E-state index in [1.165, 1.54) is 0 Å². The van der Waals surface area contributed by atoms with E-state index in [2.05, 4.69) is 23.8 Å². The zero-order chi connectivity index (χ0) is 23.5. The van der Waals surface area contributed by atoms with Crippen LogP contribution in [0.4, 0.5) is 5.95 Å². The van der Waals surface area contributed by atoms with Gasteiger partial charge in [0.05, 0.1) is 18.8 Å². The minimum Gasteiger partial charge on any atom is -0.497 e. The fraction of sp³-hybridized carbons (Fsp3) is 0.440. The molecule has 0 aliphatic carbocycles. The maximum atomic E-state index is 13.4. The highest BCUT2D eigenvalue weighted by Gasteiger charge is 2.33. The molecular weight excluding hydrogens is 416 g/mol. The molecular formula is C25H32N6O2. The molecule has 1 saturated heterocycles. The summed E-state index contributed by atoms with van der Waals surface area (Å²) < 4.78 is 7.38. The van der Waals surface area contributed by atoms with E-state index in [-0.39, 0.29) is 24.4 Å². The van der Waals surface area contributed by atoms with Crippen molar-refractivity contribution in [3.63, 3.8) is 0 Å². The van der Waals surface area contributed by atoms with Gasteiger partial charge in [0.1, 0.15) is 18.1 Å². The topological polar surface area (TPSA) is 76.4 Å². The Bertz CT molecular complexity index is 1120. The molecule has 4 rings (SSSR count). The molecule has 0 radical (unpaired) electrons. The summed E-state index contributed by atoms with van der Waals surface area (Å²) in [6.07, 6.45) is 7.32. The summed E-state index contributed by atoms with van der Waals surface area (Å²) in [5, 5.41) is 0. The number of carbonyl (C=O) groups excluding carboxylic acids is 1. The first-order chi connectivity index (χ1) is 15.9. The predicted molar refractivity (Wildman–Crippen MR) is 128 cm³/mol. The van der Waals surface area contributed by atoms with Crippen LogP contribution in [0, 0.1) is 0 Å². The van der Waals surface area contributed by atoms with Crippen LogP contribution in [-0.2, 0) is 11.3 Å². The number of rotatable bonds is 7. The molecule has 1 atom stereocenters. The van der Waals surface area contributed by atoms with Gasteiger partial charge < -0.3 is 19.1 Å². The molecule has 33 heavy (non-hydrogen) atoms. The highest BCUT2D eigenvalue weighted by molar-refractivity contribution is 5.78. The lowest BCUT2D eigenvalue weighted by Gasteiger charge is -2.27. The van der Waals surface area contributed by atoms with Gasteiger partial charge in [-0.15, -0.1) is 0 Å². The minimum atomic E-state index is -0.105. The van der Waals surface area contributed by atoms with E-state index in [4.69, 9.17) is 9.72 Å². The molecule has 8 nitrogen and oxygen atoms in total. The number of methoxy groups -OCH3 is 1. The standard InChI is InChI=1S/C25H32N6O2/c1-17(2)24-26-11-13-30(24)16-22(32)31-12-7-10-21(31)23-20(15-27-25(28-23)29(3)4)18-8-6-9-19(14-18)33-5/h6,8-9,11,13-15,17,21H,7,10,12,16H2,1-5H3/t21-/m0/s1. The highest BCUT2D eigenvalue weighted by Crippen LogP contribution is 2.38. The number of nitrogens with zero attached hydrogens (tertiary/aromatic N) is 6. The van der Waals surface area contributed by atoms with Crippen LogP contribution >= 0.6 is 0 Å². The minimum absolute atomic E-state index is 0.0824. The molecule has 3 heterocycles. The van der Waals surface area contributed by atoms with Gasteiger partial charge in [0, 0.05) is 50.7 Å². The first-order valence-corrected chi connectivity index (χ1v) is 11.4. The van der Waals surface area contributed by atoms with Crippen molar-refractivity contribution < 1.29 is 9.53 Å². The summed E-state index contributed by atoms with van der Waals surface area (Å²) in [5.41, 5.74) is 2.78. The van der Waals surface area contributed by atoms with Crippen LogP contribution in [0.1, 0.15) is 50.2 Å². The van der Waals surface area contributed by atoms with Crippen LogP contribution in [-0.4, -0.2) is 58.1 Å². The molecule has 1 fully saturated rings. The second-order valence-corrected chi connectivity index (χ2v) is 8.91. The molecule has 0 saturated carbocycles. The second-order valence-electron chi connectivity index (χ2n) is 8.91. The number of ether oxygens (including phenoxy) is 1. The Kier molecular flexibility index (Phi) is 6.62. The van der Waals surface area contributed by atoms with Crippen LogP contribution < -0.4 is 9.64 Å². The van der Waals surface area contributed by atoms with Crippen molar-refractivity contribution in [2.45, 2.75) is 45.2 Å². The zero-order valence-electron chi connectivity index (χ0n) is 20.0. The predicted octanol–water partition coefficient (Wildman–Crippen LogP) is 3.90. The average molecular weight is 449 g/mol. The number of imidazole rings is 1. The number of carbonyl (C=O) groups is 1. The number of anilines is 1. The van der Waals surface area contributed by atoms with Crippen LogP contribution in [0.5, 0.6) is 5.75 Å². The van der Waals surface area contributed by atoms with Crippen LogP contribution in [0.15, 0.2) is 42.9 Å². The Morgan fingerprint density at radius 3 is 2.82 bits per heavy atom. The first-order valence-electron chi connectivity index (χ1n) is 11.4. The van der Waals surface area contributed by atoms with Gasteiger partial charge in [-0.1, -0.05) is 26.0 Å². The third kappa shape index (κ3) is 4.69. The zero-order valence-corrected chi connectivity index (χ0v) is 20.0. The molecule has 8 heteroatoms. The molecule has 174 valence electrons. The van der Waals surface area contributed by atoms with E-state index in [1.807, 2.05) is 65.1 Å². The number of hydrogen-bond acceptors (Lipinski definition) is 6. The second kappa shape index (κ2) is 9.60. The molecule has 0 spiro atoms. The third-order valence-corrected chi connectivity index (χ3v) is 6.04. The largest absolute Gasteiger partial charge is 0.497 e. The van der Waals surface area contributed by atoms with Gasteiger partial charge in [0.15, 0.2) is 0 Å². The molecule has 3 aromatic rings. The van der Waals surface area contributed by atoms with Crippen molar-refractivity contribution >= 4 is 11.9 Å². The van der Waals surface area contributed by atoms with Gasteiger partial charge in [0.2, 0.25) is 11.9 Å². The molecule has 0 bridgehead atoms. The Morgan fingerprint density at radius 1 is 1.27 bits per heavy atom. The summed E-state index contributed by atoms with van der Waals surface area (Å²) in [6.45, 7) is 5.18. The van der Waals surface area contributed by atoms with Gasteiger partial charge in [-0.25, -0.2) is 15.0 Å². The maximum Gasteiger partial charge on any atom is 0.243 e. The van der Waals surface area contributed by atoms with Gasteiger partial charge in [-0.2, -0.15) is 0 Å². The van der Waals surface area contributed by atoms with Gasteiger partial charge in [-0.3, -0.25) is 4.79 Å². The molecule has 1 aliphatic rings. The average Bonchev–Trinajstić information content (AvgIpc) is 3.48. The number of benzene rings is 1. The normalized spacial score (nSPS) is 15.8. The van der Waals surface area contributed by atoms with E-state index in [0.717, 1.165) is 41.2 Å². The van der Waals surface area contributed by atoms with E-state index >= 15 is 0 Å². The fourth-order valence-corrected chi connectivity index (χ4v) is 4.41. The molecule has 0 unspecified atom stereocenters. The van der Waals surface area contributed by atoms with Crippen molar-refractivity contribution in [1.82, 2.24) is 24.4 Å². The lowest BCUT2D eigenvalue weighted by Crippen LogP contribution is -2.34. The lowest BCUT2D eigenvalue weighted by molar-refractivity contribution is -0.132. The quantitative estimate of drug-likeness (QED) is 0.546. The fourth-order valence-electron chi connectivity index (χ4n) is 4.41. The van der Waals surface area contributed by atoms with E-state index < -0.39 is 0 Å². The van der Waals surface area contributed by atoms with Gasteiger partial charge >= 0.3 is 0 Å². The Morgan fingerprint density at radius 2 is 2.09 bits per heavy atom. The molecule has 0 N–H and O–H groups in total. The summed E-state index contributed by atoms with van der Waals surface area (Å²) in [4.78, 5) is 31.2. The van der Waals surface area contributed by atoms with Crippen molar-refractivity contribution in [2.75, 3.05) is 32.6 Å². The summed E-state index contributed by atoms with van der Waals surface area (Å²) in [5.74, 6) is 2.67. The summed E-state index contributed by atoms with van der Waals surface area (Å²) in [6, 6.07) is 7.79. The van der Waals surface area contributed by atoms with Crippen LogP contribution in [0.3, 0.4) is 0 Å². The van der Waals surface area contributed by atoms with Crippen molar-refractivity contribution in [3.8, 4) is 16.9 Å². The Balaban J connectivity index is 1.70. The third-order valence-electron chi connectivity index (χ3n) is 6.04. The summed E-state index contributed by atoms with van der Waals surface area (Å²) >= 11 is 0. The lowest BCUT2D eigenvalue weighted by atomic mass is 9.99. The molecule has 1 aromatic carbocycles. The number of amides is 1. The SMILES string of the molecule is COc1cccc(-c2cnc(N(C)C)nc2[C@@H]2CCCN2C(=O)Cn2ccnc2C(C)C)c1. The number of hydrogen-bond donors (Lipinski definition) is 0. The smallest absolute Gasteiger partial charge is 0.243 e. The first kappa shape index (κ1) is 22.8. The number of aromatic nitrogens is 4. The van der Waals surface area contributed by atoms with Crippen molar-refractivity contribution in [1.29, 1.82) is 0 Å². The molecule has 1 aliphatic heterocycles. The van der Waals surface area contributed by atoms with Gasteiger partial charge in [0.25, 0.3) is 0 Å². The monoisotopic (exact) mass is 448 g/mol. The number of likely N-dealkylation sites (tertiary alicyclic amines) is 1. The maximum absolute atomic E-state index is 13.4. The van der Waals surface area contributed by atoms with E-state index in [9.17, 15) is 4.79 Å². The van der Waals surface area contributed by atoms with Crippen molar-refractivity contribution in [2.24, 2.45) is 0 Å². The Hall–Kier alpha value is -3.42. The Labute approximate surface area is 195 Å². The van der Waals surface area contributed by atoms with Crippen LogP contribution in [0.2, 0.25) is 0 Å². The molecule has 1 amide bonds. The summed E-state index contributed by atoms with van der Waals surface area (Å²) in [7, 11) is 5.51. The molecule has 2 aromatic heterocycles. The van der Waals surface area contributed by atoms with E-state index in [0.29, 0.717) is 12.5 Å². The highest BCUT2D eigenvalue weighted by atomic mass is 16.5. The van der Waals surface area contributed by atoms with Crippen molar-refractivity contribution in [3.05, 3.63) is 54.4 Å². The van der Waals surface area contributed by atoms with Crippen LogP contribution in [0.25, 0.3) is 11.1 Å². The van der Waals surface area contributed by atoms with Gasteiger partial charge in [-0.05, 0) is 30.5 Å². The van der Waals surface area contributed by atoms with E-state index in [1.54, 1.807) is 13.3 Å².